The Morgan fingerprint density at radius 1 is 1.36 bits per heavy atom. The highest BCUT2D eigenvalue weighted by atomic mass is 35.5. The molecule has 0 radical (unpaired) electrons. The number of hydrogen-bond donors (Lipinski definition) is 4. The van der Waals surface area contributed by atoms with Crippen LogP contribution in [0.1, 0.15) is 17.4 Å². The summed E-state index contributed by atoms with van der Waals surface area (Å²) in [7, 11) is -4.49. The van der Waals surface area contributed by atoms with Gasteiger partial charge in [-0.3, -0.25) is 4.57 Å². The first kappa shape index (κ1) is 18.0. The van der Waals surface area contributed by atoms with Gasteiger partial charge in [0.2, 0.25) is 0 Å². The van der Waals surface area contributed by atoms with E-state index in [1.54, 1.807) is 6.07 Å². The second-order valence-corrected chi connectivity index (χ2v) is 7.90. The minimum absolute atomic E-state index is 0. The van der Waals surface area contributed by atoms with Crippen molar-refractivity contribution in [3.63, 3.8) is 0 Å². The van der Waals surface area contributed by atoms with Gasteiger partial charge in [0.05, 0.1) is 11.4 Å². The molecule has 0 saturated carbocycles. The fourth-order valence-corrected chi connectivity index (χ4v) is 4.31. The quantitative estimate of drug-likeness (QED) is 0.541. The Kier molecular flexibility index (Phi) is 5.77. The maximum absolute atomic E-state index is 11.8. The van der Waals surface area contributed by atoms with Crippen LogP contribution in [-0.4, -0.2) is 51.0 Å². The zero-order valence-electron chi connectivity index (χ0n) is 11.8. The van der Waals surface area contributed by atoms with Crippen molar-refractivity contribution in [1.82, 2.24) is 10.3 Å². The number of hydrogen-bond acceptors (Lipinski definition) is 6. The molecule has 0 bridgehead atoms. The average Bonchev–Trinajstić information content (AvgIpc) is 2.46. The van der Waals surface area contributed by atoms with E-state index < -0.39 is 13.7 Å². The van der Waals surface area contributed by atoms with E-state index in [1.807, 2.05) is 16.7 Å². The molecule has 1 fully saturated rings. The molecular formula is C12H19ClN3O4PS. The van der Waals surface area contributed by atoms with Crippen molar-refractivity contribution in [2.75, 3.05) is 36.0 Å². The molecule has 0 spiro atoms. The number of β-amino-alcohol motifs (C(OH)–C–C–N with tert-alkyl or cyclic N) is 1. The standard InChI is InChI=1S/C12H18N3O4PS.ClH/c16-10-7-13-6-8-5-9(15-1-3-21-4-2-15)12(14-11(8)10)20(17,18)19;/h5,10,13,16H,1-4,6-7H2,(H2,17,18,19);1H. The molecule has 2 aliphatic rings. The molecule has 1 saturated heterocycles. The molecule has 4 N–H and O–H groups in total. The lowest BCUT2D eigenvalue weighted by Gasteiger charge is -2.32. The summed E-state index contributed by atoms with van der Waals surface area (Å²) in [4.78, 5) is 25.3. The van der Waals surface area contributed by atoms with Crippen molar-refractivity contribution in [1.29, 1.82) is 0 Å². The summed E-state index contributed by atoms with van der Waals surface area (Å²) in [5.41, 5.74) is 1.47. The fraction of sp³-hybridized carbons (Fsp3) is 0.583. The Balaban J connectivity index is 0.00000176. The third kappa shape index (κ3) is 3.59. The van der Waals surface area contributed by atoms with Crippen LogP contribution in [0.4, 0.5) is 5.69 Å². The summed E-state index contributed by atoms with van der Waals surface area (Å²) in [6, 6.07) is 1.77. The number of fused-ring (bicyclic) bond motifs is 1. The maximum atomic E-state index is 11.8. The molecule has 22 heavy (non-hydrogen) atoms. The summed E-state index contributed by atoms with van der Waals surface area (Å²) in [5.74, 6) is 1.86. The van der Waals surface area contributed by atoms with E-state index in [1.165, 1.54) is 0 Å². The molecule has 0 aliphatic carbocycles. The maximum Gasteiger partial charge on any atom is 0.376 e. The molecule has 3 rings (SSSR count). The predicted octanol–water partition coefficient (Wildman–Crippen LogP) is -0.00380. The van der Waals surface area contributed by atoms with Crippen LogP contribution in [0.25, 0.3) is 0 Å². The number of nitrogens with one attached hydrogen (secondary N) is 1. The van der Waals surface area contributed by atoms with E-state index in [-0.39, 0.29) is 17.8 Å². The number of thioether (sulfide) groups is 1. The van der Waals surface area contributed by atoms with Gasteiger partial charge in [0.25, 0.3) is 0 Å². The minimum atomic E-state index is -4.49. The van der Waals surface area contributed by atoms with E-state index in [4.69, 9.17) is 0 Å². The molecular weight excluding hydrogens is 349 g/mol. The molecule has 7 nitrogen and oxygen atoms in total. The van der Waals surface area contributed by atoms with Gasteiger partial charge in [-0.15, -0.1) is 12.4 Å². The van der Waals surface area contributed by atoms with Crippen LogP contribution in [0, 0.1) is 0 Å². The Labute approximate surface area is 139 Å². The third-order valence-corrected chi connectivity index (χ3v) is 5.52. The number of halogens is 1. The molecule has 10 heteroatoms. The highest BCUT2D eigenvalue weighted by Crippen LogP contribution is 2.39. The number of nitrogens with zero attached hydrogens (tertiary/aromatic N) is 2. The van der Waals surface area contributed by atoms with Crippen LogP contribution in [0.3, 0.4) is 0 Å². The average molecular weight is 368 g/mol. The van der Waals surface area contributed by atoms with Gasteiger partial charge >= 0.3 is 7.60 Å². The SMILES string of the molecule is Cl.O=P(O)(O)c1nc2c(cc1N1CCSCC1)CNCC2O. The summed E-state index contributed by atoms with van der Waals surface area (Å²) >= 11 is 1.83. The van der Waals surface area contributed by atoms with Crippen LogP contribution < -0.4 is 15.7 Å². The molecule has 124 valence electrons. The minimum Gasteiger partial charge on any atom is -0.385 e. The van der Waals surface area contributed by atoms with Gasteiger partial charge in [0.1, 0.15) is 6.10 Å². The number of pyridine rings is 1. The van der Waals surface area contributed by atoms with Crippen molar-refractivity contribution in [2.45, 2.75) is 12.6 Å². The molecule has 3 heterocycles. The van der Waals surface area contributed by atoms with E-state index >= 15 is 0 Å². The van der Waals surface area contributed by atoms with Gasteiger partial charge in [0.15, 0.2) is 5.44 Å². The molecule has 1 aromatic heterocycles. The van der Waals surface area contributed by atoms with E-state index in [0.29, 0.717) is 24.5 Å². The monoisotopic (exact) mass is 367 g/mol. The molecule has 1 unspecified atom stereocenters. The second-order valence-electron chi connectivity index (χ2n) is 5.17. The lowest BCUT2D eigenvalue weighted by molar-refractivity contribution is 0.160. The molecule has 1 atom stereocenters. The van der Waals surface area contributed by atoms with Gasteiger partial charge in [-0.25, -0.2) is 4.98 Å². The number of anilines is 1. The van der Waals surface area contributed by atoms with Crippen LogP contribution in [0.5, 0.6) is 0 Å². The Morgan fingerprint density at radius 2 is 2.05 bits per heavy atom. The zero-order chi connectivity index (χ0) is 15.0. The van der Waals surface area contributed by atoms with Crippen molar-refractivity contribution < 1.29 is 19.5 Å². The number of aromatic nitrogens is 1. The van der Waals surface area contributed by atoms with E-state index in [9.17, 15) is 19.5 Å². The van der Waals surface area contributed by atoms with Crippen molar-refractivity contribution in [3.8, 4) is 0 Å². The van der Waals surface area contributed by atoms with Crippen LogP contribution >= 0.6 is 31.8 Å². The molecule has 2 aliphatic heterocycles. The Hall–Kier alpha value is -0.340. The largest absolute Gasteiger partial charge is 0.385 e. The highest BCUT2D eigenvalue weighted by molar-refractivity contribution is 7.99. The molecule has 0 aromatic carbocycles. The lowest BCUT2D eigenvalue weighted by atomic mass is 10.0. The van der Waals surface area contributed by atoms with Crippen LogP contribution in [0.15, 0.2) is 6.07 Å². The zero-order valence-corrected chi connectivity index (χ0v) is 14.3. The first-order valence-electron chi connectivity index (χ1n) is 6.78. The smallest absolute Gasteiger partial charge is 0.376 e. The summed E-state index contributed by atoms with van der Waals surface area (Å²) < 4.78 is 11.8. The van der Waals surface area contributed by atoms with Crippen molar-refractivity contribution in [2.24, 2.45) is 0 Å². The first-order chi connectivity index (χ1) is 9.97. The van der Waals surface area contributed by atoms with Gasteiger partial charge < -0.3 is 25.1 Å². The van der Waals surface area contributed by atoms with Gasteiger partial charge in [-0.2, -0.15) is 11.8 Å². The topological polar surface area (TPSA) is 106 Å². The van der Waals surface area contributed by atoms with Crippen LogP contribution in [0.2, 0.25) is 0 Å². The van der Waals surface area contributed by atoms with Gasteiger partial charge in [-0.1, -0.05) is 0 Å². The third-order valence-electron chi connectivity index (χ3n) is 3.69. The lowest BCUT2D eigenvalue weighted by Crippen LogP contribution is -2.38. The Morgan fingerprint density at radius 3 is 2.68 bits per heavy atom. The summed E-state index contributed by atoms with van der Waals surface area (Å²) in [6.07, 6.45) is -0.829. The predicted molar refractivity (Wildman–Crippen MR) is 89.4 cm³/mol. The van der Waals surface area contributed by atoms with E-state index in [2.05, 4.69) is 10.3 Å². The fourth-order valence-electron chi connectivity index (χ4n) is 2.67. The number of aliphatic hydroxyl groups is 1. The van der Waals surface area contributed by atoms with Crippen molar-refractivity contribution in [3.05, 3.63) is 17.3 Å². The Bertz CT molecular complexity index is 594. The first-order valence-corrected chi connectivity index (χ1v) is 9.55. The van der Waals surface area contributed by atoms with Gasteiger partial charge in [-0.05, 0) is 11.6 Å². The number of aliphatic hydroxyl groups excluding tert-OH is 1. The highest BCUT2D eigenvalue weighted by Gasteiger charge is 2.31. The van der Waals surface area contributed by atoms with Crippen LogP contribution in [-0.2, 0) is 11.1 Å². The van der Waals surface area contributed by atoms with E-state index in [0.717, 1.165) is 30.2 Å². The van der Waals surface area contributed by atoms with Crippen molar-refractivity contribution >= 4 is 42.9 Å². The molecule has 1 aromatic rings. The second kappa shape index (κ2) is 7.05. The number of rotatable bonds is 2. The summed E-state index contributed by atoms with van der Waals surface area (Å²) in [6.45, 7) is 2.39. The normalized spacial score (nSPS) is 22.0. The van der Waals surface area contributed by atoms with Gasteiger partial charge in [0, 0.05) is 37.7 Å². The molecule has 0 amide bonds. The summed E-state index contributed by atoms with van der Waals surface area (Å²) in [5, 5.41) is 13.0.